The van der Waals surface area contributed by atoms with E-state index in [2.05, 4.69) is 29.5 Å². The van der Waals surface area contributed by atoms with Gasteiger partial charge in [0, 0.05) is 36.7 Å². The molecule has 0 spiro atoms. The first-order valence-corrected chi connectivity index (χ1v) is 10.6. The second kappa shape index (κ2) is 11.3. The molecule has 0 fully saturated rings. The molecular weight excluding hydrogens is 388 g/mol. The van der Waals surface area contributed by atoms with Crippen LogP contribution in [-0.2, 0) is 14.4 Å². The average molecular weight is 417 g/mol. The Hall–Kier alpha value is -2.74. The number of carbonyl (C=O) groups excluding carboxylic acids is 3. The minimum absolute atomic E-state index is 0.00478. The Bertz CT molecular complexity index is 821. The molecule has 0 aliphatic rings. The number of aromatic nitrogens is 1. The van der Waals surface area contributed by atoms with Gasteiger partial charge in [-0.05, 0) is 30.9 Å². The van der Waals surface area contributed by atoms with E-state index in [1.807, 2.05) is 31.2 Å². The maximum atomic E-state index is 12.9. The predicted octanol–water partition coefficient (Wildman–Crippen LogP) is 3.37. The Labute approximate surface area is 175 Å². The van der Waals surface area contributed by atoms with Crippen molar-refractivity contribution < 1.29 is 14.4 Å². The normalized spacial score (nSPS) is 10.6. The highest BCUT2D eigenvalue weighted by molar-refractivity contribution is 7.13. The molecule has 0 aliphatic heterocycles. The third-order valence-electron chi connectivity index (χ3n) is 4.30. The van der Waals surface area contributed by atoms with Crippen molar-refractivity contribution in [1.82, 2.24) is 10.3 Å². The minimum atomic E-state index is -0.278. The van der Waals surface area contributed by atoms with E-state index >= 15 is 0 Å². The predicted molar refractivity (Wildman–Crippen MR) is 116 cm³/mol. The van der Waals surface area contributed by atoms with Gasteiger partial charge in [0.15, 0.2) is 5.13 Å². The van der Waals surface area contributed by atoms with Crippen LogP contribution in [0.2, 0.25) is 0 Å². The molecule has 2 aromatic rings. The molecule has 0 aliphatic carbocycles. The van der Waals surface area contributed by atoms with Crippen LogP contribution in [-0.4, -0.2) is 35.8 Å². The number of rotatable bonds is 10. The van der Waals surface area contributed by atoms with Gasteiger partial charge in [-0.2, -0.15) is 0 Å². The highest BCUT2D eigenvalue weighted by atomic mass is 32.1. The van der Waals surface area contributed by atoms with E-state index in [4.69, 9.17) is 0 Å². The summed E-state index contributed by atoms with van der Waals surface area (Å²) in [5, 5.41) is 7.79. The zero-order valence-electron chi connectivity index (χ0n) is 17.1. The minimum Gasteiger partial charge on any atom is -0.355 e. The number of nitrogens with one attached hydrogen (secondary N) is 2. The lowest BCUT2D eigenvalue weighted by molar-refractivity contribution is -0.125. The molecule has 0 saturated carbocycles. The quantitative estimate of drug-likeness (QED) is 0.621. The van der Waals surface area contributed by atoms with Crippen molar-refractivity contribution in [3.05, 3.63) is 41.4 Å². The summed E-state index contributed by atoms with van der Waals surface area (Å²) in [4.78, 5) is 42.8. The summed E-state index contributed by atoms with van der Waals surface area (Å²) in [5.74, 6) is -0.276. The number of hydrogen-bond acceptors (Lipinski definition) is 5. The standard InChI is InChI=1S/C21H28N4O3S/c1-15(2)10-11-22-19(27)14-25(17-7-5-4-6-16(17)3)20(28)9-8-18(26)24-21-23-12-13-29-21/h4-7,12-13,15H,8-11,14H2,1-3H3,(H,22,27)(H,23,24,26). The Morgan fingerprint density at radius 1 is 1.14 bits per heavy atom. The number of anilines is 2. The van der Waals surface area contributed by atoms with E-state index in [1.54, 1.807) is 11.6 Å². The summed E-state index contributed by atoms with van der Waals surface area (Å²) in [6.45, 7) is 6.57. The van der Waals surface area contributed by atoms with Crippen LogP contribution in [0.25, 0.3) is 0 Å². The molecule has 3 amide bonds. The lowest BCUT2D eigenvalue weighted by Gasteiger charge is -2.24. The molecule has 0 saturated heterocycles. The summed E-state index contributed by atoms with van der Waals surface area (Å²) in [7, 11) is 0. The molecule has 1 heterocycles. The summed E-state index contributed by atoms with van der Waals surface area (Å²) in [6, 6.07) is 7.41. The highest BCUT2D eigenvalue weighted by Crippen LogP contribution is 2.21. The summed E-state index contributed by atoms with van der Waals surface area (Å²) < 4.78 is 0. The first-order chi connectivity index (χ1) is 13.9. The molecule has 0 radical (unpaired) electrons. The van der Waals surface area contributed by atoms with Gasteiger partial charge in [0.05, 0.1) is 0 Å². The Morgan fingerprint density at radius 2 is 1.90 bits per heavy atom. The third kappa shape index (κ3) is 7.65. The number of thiazole rings is 1. The van der Waals surface area contributed by atoms with Crippen molar-refractivity contribution in [3.8, 4) is 0 Å². The summed E-state index contributed by atoms with van der Waals surface area (Å²) >= 11 is 1.32. The Morgan fingerprint density at radius 3 is 2.55 bits per heavy atom. The molecule has 0 unspecified atom stereocenters. The number of aryl methyl sites for hydroxylation is 1. The van der Waals surface area contributed by atoms with Crippen LogP contribution in [0.3, 0.4) is 0 Å². The number of carbonyl (C=O) groups is 3. The van der Waals surface area contributed by atoms with Crippen molar-refractivity contribution >= 4 is 39.9 Å². The van der Waals surface area contributed by atoms with E-state index < -0.39 is 0 Å². The van der Waals surface area contributed by atoms with Crippen molar-refractivity contribution in [2.75, 3.05) is 23.3 Å². The monoisotopic (exact) mass is 416 g/mol. The van der Waals surface area contributed by atoms with Crippen LogP contribution < -0.4 is 15.5 Å². The fourth-order valence-corrected chi connectivity index (χ4v) is 3.24. The van der Waals surface area contributed by atoms with Crippen LogP contribution >= 0.6 is 11.3 Å². The number of nitrogens with zero attached hydrogens (tertiary/aromatic N) is 2. The topological polar surface area (TPSA) is 91.4 Å². The van der Waals surface area contributed by atoms with Crippen LogP contribution in [0.1, 0.15) is 38.7 Å². The summed E-state index contributed by atoms with van der Waals surface area (Å²) in [6.07, 6.45) is 2.50. The van der Waals surface area contributed by atoms with Gasteiger partial charge >= 0.3 is 0 Å². The van der Waals surface area contributed by atoms with Crippen LogP contribution in [0, 0.1) is 12.8 Å². The van der Waals surface area contributed by atoms with Gasteiger partial charge in [-0.25, -0.2) is 4.98 Å². The lowest BCUT2D eigenvalue weighted by Crippen LogP contribution is -2.41. The van der Waals surface area contributed by atoms with E-state index in [0.29, 0.717) is 23.3 Å². The maximum Gasteiger partial charge on any atom is 0.240 e. The van der Waals surface area contributed by atoms with E-state index in [-0.39, 0.29) is 37.1 Å². The number of benzene rings is 1. The van der Waals surface area contributed by atoms with E-state index in [1.165, 1.54) is 16.2 Å². The van der Waals surface area contributed by atoms with Crippen molar-refractivity contribution in [2.45, 2.75) is 40.0 Å². The Kier molecular flexibility index (Phi) is 8.79. The van der Waals surface area contributed by atoms with Crippen LogP contribution in [0.15, 0.2) is 35.8 Å². The number of hydrogen-bond donors (Lipinski definition) is 2. The molecule has 1 aromatic carbocycles. The van der Waals surface area contributed by atoms with Gasteiger partial charge in [0.2, 0.25) is 17.7 Å². The molecule has 2 rings (SSSR count). The molecule has 29 heavy (non-hydrogen) atoms. The van der Waals surface area contributed by atoms with Crippen molar-refractivity contribution in [3.63, 3.8) is 0 Å². The van der Waals surface area contributed by atoms with Crippen molar-refractivity contribution in [2.24, 2.45) is 5.92 Å². The fourth-order valence-electron chi connectivity index (χ4n) is 2.70. The maximum absolute atomic E-state index is 12.9. The van der Waals surface area contributed by atoms with E-state index in [0.717, 1.165) is 12.0 Å². The van der Waals surface area contributed by atoms with Crippen LogP contribution in [0.4, 0.5) is 10.8 Å². The third-order valence-corrected chi connectivity index (χ3v) is 4.99. The Balaban J connectivity index is 2.00. The zero-order valence-corrected chi connectivity index (χ0v) is 17.9. The van der Waals surface area contributed by atoms with Crippen molar-refractivity contribution in [1.29, 1.82) is 0 Å². The fraction of sp³-hybridized carbons (Fsp3) is 0.429. The summed E-state index contributed by atoms with van der Waals surface area (Å²) in [5.41, 5.74) is 1.57. The molecule has 1 aromatic heterocycles. The molecule has 2 N–H and O–H groups in total. The SMILES string of the molecule is Cc1ccccc1N(CC(=O)NCCC(C)C)C(=O)CCC(=O)Nc1nccs1. The largest absolute Gasteiger partial charge is 0.355 e. The second-order valence-corrected chi connectivity index (χ2v) is 8.08. The first-order valence-electron chi connectivity index (χ1n) is 9.69. The number of para-hydroxylation sites is 1. The van der Waals surface area contributed by atoms with Gasteiger partial charge in [-0.3, -0.25) is 14.4 Å². The first kappa shape index (κ1) is 22.5. The zero-order chi connectivity index (χ0) is 21.2. The van der Waals surface area contributed by atoms with Crippen LogP contribution in [0.5, 0.6) is 0 Å². The molecular formula is C21H28N4O3S. The van der Waals surface area contributed by atoms with Gasteiger partial charge in [0.25, 0.3) is 0 Å². The molecule has 7 nitrogen and oxygen atoms in total. The molecule has 0 atom stereocenters. The second-order valence-electron chi connectivity index (χ2n) is 7.18. The lowest BCUT2D eigenvalue weighted by atomic mass is 10.1. The smallest absolute Gasteiger partial charge is 0.240 e. The molecule has 156 valence electrons. The van der Waals surface area contributed by atoms with Gasteiger partial charge < -0.3 is 15.5 Å². The molecule has 8 heteroatoms. The number of amides is 3. The van der Waals surface area contributed by atoms with Gasteiger partial charge in [-0.1, -0.05) is 32.0 Å². The van der Waals surface area contributed by atoms with Gasteiger partial charge in [-0.15, -0.1) is 11.3 Å². The average Bonchev–Trinajstić information content (AvgIpc) is 3.17. The van der Waals surface area contributed by atoms with Gasteiger partial charge in [0.1, 0.15) is 6.54 Å². The van der Waals surface area contributed by atoms with E-state index in [9.17, 15) is 14.4 Å². The molecule has 0 bridgehead atoms. The highest BCUT2D eigenvalue weighted by Gasteiger charge is 2.21.